The zero-order valence-electron chi connectivity index (χ0n) is 17.5. The number of halogens is 1. The molecule has 32 heavy (non-hydrogen) atoms. The van der Waals surface area contributed by atoms with E-state index >= 15 is 0 Å². The van der Waals surface area contributed by atoms with Gasteiger partial charge in [-0.3, -0.25) is 9.59 Å². The predicted molar refractivity (Wildman–Crippen MR) is 119 cm³/mol. The fourth-order valence-corrected chi connectivity index (χ4v) is 4.03. The second kappa shape index (κ2) is 8.48. The molecule has 1 atom stereocenters. The number of Topliss-reactive ketones (excluding diaryl/α,β-unsaturated/α-hetero) is 1. The lowest BCUT2D eigenvalue weighted by Crippen LogP contribution is -2.43. The van der Waals surface area contributed by atoms with Gasteiger partial charge in [0.2, 0.25) is 11.7 Å². The number of nitriles is 1. The summed E-state index contributed by atoms with van der Waals surface area (Å²) in [6.45, 7) is 1.99. The Labute approximate surface area is 190 Å². The third-order valence-corrected chi connectivity index (χ3v) is 5.94. The smallest absolute Gasteiger partial charge is 0.246 e. The van der Waals surface area contributed by atoms with Gasteiger partial charge < -0.3 is 10.5 Å². The molecular weight excluding hydrogens is 428 g/mol. The largest absolute Gasteiger partial charge is 0.488 e. The number of carbonyl (C=O) groups is 2. The summed E-state index contributed by atoms with van der Waals surface area (Å²) < 4.78 is 7.50. The molecule has 1 aliphatic heterocycles. The van der Waals surface area contributed by atoms with Crippen molar-refractivity contribution in [3.05, 3.63) is 64.8 Å². The Hall–Kier alpha value is -3.63. The van der Waals surface area contributed by atoms with Crippen molar-refractivity contribution in [3.63, 3.8) is 0 Å². The van der Waals surface area contributed by atoms with Gasteiger partial charge in [-0.05, 0) is 42.8 Å². The van der Waals surface area contributed by atoms with Gasteiger partial charge in [-0.25, -0.2) is 4.68 Å². The van der Waals surface area contributed by atoms with E-state index in [1.807, 2.05) is 37.3 Å². The number of benzene rings is 2. The number of unbranched alkanes of at least 4 members (excludes halogenated alkanes) is 1. The lowest BCUT2D eigenvalue weighted by Gasteiger charge is -2.22. The van der Waals surface area contributed by atoms with Crippen LogP contribution >= 0.6 is 11.6 Å². The minimum Gasteiger partial charge on any atom is -0.488 e. The summed E-state index contributed by atoms with van der Waals surface area (Å²) in [5.74, 6) is -1.01. The number of hydrogen-bond donors (Lipinski definition) is 1. The van der Waals surface area contributed by atoms with Crippen LogP contribution in [0.3, 0.4) is 0 Å². The molecule has 2 aromatic carbocycles. The number of primary amides is 1. The average molecular weight is 449 g/mol. The molecule has 1 unspecified atom stereocenters. The van der Waals surface area contributed by atoms with E-state index < -0.39 is 17.1 Å². The molecule has 2 N–H and O–H groups in total. The van der Waals surface area contributed by atoms with Crippen LogP contribution < -0.4 is 10.5 Å². The summed E-state index contributed by atoms with van der Waals surface area (Å²) in [4.78, 5) is 26.0. The second-order valence-electron chi connectivity index (χ2n) is 7.66. The number of ether oxygens (including phenoxy) is 1. The highest BCUT2D eigenvalue weighted by atomic mass is 35.5. The molecule has 1 aliphatic rings. The third kappa shape index (κ3) is 3.43. The molecule has 0 spiro atoms. The number of nitrogens with zero attached hydrogens (tertiary/aromatic N) is 3. The maximum atomic E-state index is 13.7. The molecule has 2 heterocycles. The van der Waals surface area contributed by atoms with Crippen molar-refractivity contribution < 1.29 is 14.3 Å². The number of carbonyl (C=O) groups excluding carboxylic acids is 2. The SMILES string of the molecule is CCCCC(C#N)(C(N)=O)C(=O)c1nn(-c2ccc(Cl)cc2)c2c1COc1ccccc1-2. The van der Waals surface area contributed by atoms with E-state index in [2.05, 4.69) is 5.10 Å². The van der Waals surface area contributed by atoms with Crippen molar-refractivity contribution in [2.24, 2.45) is 11.1 Å². The number of ketones is 1. The van der Waals surface area contributed by atoms with Crippen LogP contribution in [-0.4, -0.2) is 21.5 Å². The third-order valence-electron chi connectivity index (χ3n) is 5.69. The van der Waals surface area contributed by atoms with E-state index in [1.165, 1.54) is 0 Å². The van der Waals surface area contributed by atoms with E-state index in [9.17, 15) is 14.9 Å². The summed E-state index contributed by atoms with van der Waals surface area (Å²) in [6.07, 6.45) is 1.24. The molecule has 8 heteroatoms. The van der Waals surface area contributed by atoms with Crippen LogP contribution in [-0.2, 0) is 11.4 Å². The van der Waals surface area contributed by atoms with Crippen molar-refractivity contribution in [2.45, 2.75) is 32.8 Å². The minimum absolute atomic E-state index is 0.0147. The minimum atomic E-state index is -1.99. The topological polar surface area (TPSA) is 111 Å². The van der Waals surface area contributed by atoms with Crippen molar-refractivity contribution in [1.82, 2.24) is 9.78 Å². The van der Waals surface area contributed by atoms with Gasteiger partial charge in [0, 0.05) is 16.1 Å². The number of nitrogens with two attached hydrogens (primary N) is 1. The number of fused-ring (bicyclic) bond motifs is 3. The molecule has 3 aromatic rings. The highest BCUT2D eigenvalue weighted by molar-refractivity contribution is 6.30. The Morgan fingerprint density at radius 3 is 2.62 bits per heavy atom. The molecular formula is C24H21ClN4O3. The number of rotatable bonds is 7. The maximum absolute atomic E-state index is 13.7. The van der Waals surface area contributed by atoms with Crippen LogP contribution in [0.2, 0.25) is 5.02 Å². The Bertz CT molecular complexity index is 1240. The Morgan fingerprint density at radius 2 is 1.97 bits per heavy atom. The van der Waals surface area contributed by atoms with Gasteiger partial charge >= 0.3 is 0 Å². The molecule has 4 rings (SSSR count). The molecule has 0 radical (unpaired) electrons. The van der Waals surface area contributed by atoms with Crippen molar-refractivity contribution in [1.29, 1.82) is 5.26 Å². The second-order valence-corrected chi connectivity index (χ2v) is 8.10. The quantitative estimate of drug-likeness (QED) is 0.424. The molecule has 0 saturated carbocycles. The summed E-state index contributed by atoms with van der Waals surface area (Å²) in [5.41, 5.74) is 6.23. The zero-order valence-corrected chi connectivity index (χ0v) is 18.2. The van der Waals surface area contributed by atoms with Gasteiger partial charge in [0.15, 0.2) is 5.41 Å². The van der Waals surface area contributed by atoms with E-state index in [0.29, 0.717) is 40.6 Å². The van der Waals surface area contributed by atoms with Crippen molar-refractivity contribution >= 4 is 23.3 Å². The highest BCUT2D eigenvalue weighted by Crippen LogP contribution is 2.41. The fraction of sp³-hybridized carbons (Fsp3) is 0.250. The summed E-state index contributed by atoms with van der Waals surface area (Å²) in [5, 5.41) is 15.0. The van der Waals surface area contributed by atoms with Crippen LogP contribution in [0.5, 0.6) is 5.75 Å². The molecule has 0 saturated heterocycles. The monoisotopic (exact) mass is 448 g/mol. The van der Waals surface area contributed by atoms with Crippen LogP contribution in [0.15, 0.2) is 48.5 Å². The number of hydrogen-bond acceptors (Lipinski definition) is 5. The average Bonchev–Trinajstić information content (AvgIpc) is 3.20. The summed E-state index contributed by atoms with van der Waals surface area (Å²) in [6, 6.07) is 16.3. The van der Waals surface area contributed by atoms with Gasteiger partial charge in [0.1, 0.15) is 18.1 Å². The van der Waals surface area contributed by atoms with Crippen molar-refractivity contribution in [2.75, 3.05) is 0 Å². The van der Waals surface area contributed by atoms with Crippen LogP contribution in [0, 0.1) is 16.7 Å². The van der Waals surface area contributed by atoms with E-state index in [-0.39, 0.29) is 18.7 Å². The molecule has 7 nitrogen and oxygen atoms in total. The zero-order chi connectivity index (χ0) is 22.9. The van der Waals surface area contributed by atoms with Crippen LogP contribution in [0.1, 0.15) is 42.2 Å². The van der Waals surface area contributed by atoms with Gasteiger partial charge in [0.25, 0.3) is 0 Å². The molecule has 0 bridgehead atoms. The number of para-hydroxylation sites is 1. The Kier molecular flexibility index (Phi) is 5.72. The fourth-order valence-electron chi connectivity index (χ4n) is 3.91. The molecule has 1 aromatic heterocycles. The lowest BCUT2D eigenvalue weighted by atomic mass is 9.77. The molecule has 1 amide bonds. The van der Waals surface area contributed by atoms with Gasteiger partial charge in [0.05, 0.1) is 17.5 Å². The van der Waals surface area contributed by atoms with Crippen LogP contribution in [0.4, 0.5) is 0 Å². The lowest BCUT2D eigenvalue weighted by molar-refractivity contribution is -0.123. The highest BCUT2D eigenvalue weighted by Gasteiger charge is 2.47. The first-order valence-electron chi connectivity index (χ1n) is 10.3. The molecule has 0 aliphatic carbocycles. The van der Waals surface area contributed by atoms with Gasteiger partial charge in [-0.2, -0.15) is 10.4 Å². The Balaban J connectivity index is 1.95. The molecule has 162 valence electrons. The maximum Gasteiger partial charge on any atom is 0.246 e. The first kappa shape index (κ1) is 21.6. The van der Waals surface area contributed by atoms with E-state index in [4.69, 9.17) is 22.1 Å². The van der Waals surface area contributed by atoms with Gasteiger partial charge in [-0.15, -0.1) is 0 Å². The molecule has 0 fully saturated rings. The van der Waals surface area contributed by atoms with E-state index in [0.717, 1.165) is 5.56 Å². The van der Waals surface area contributed by atoms with Gasteiger partial charge in [-0.1, -0.05) is 43.5 Å². The van der Waals surface area contributed by atoms with E-state index in [1.54, 1.807) is 28.9 Å². The summed E-state index contributed by atoms with van der Waals surface area (Å²) >= 11 is 6.05. The predicted octanol–water partition coefficient (Wildman–Crippen LogP) is 4.45. The normalized spacial score (nSPS) is 13.8. The standard InChI is InChI=1S/C24H21ClN4O3/c1-2-3-12-24(14-26,23(27)31)22(30)20-18-13-32-19-7-5-4-6-17(19)21(18)29(28-20)16-10-8-15(25)9-11-16/h4-11H,2-3,12-13H2,1H3,(H2,27,31). The summed E-state index contributed by atoms with van der Waals surface area (Å²) in [7, 11) is 0. The van der Waals surface area contributed by atoms with Crippen molar-refractivity contribution in [3.8, 4) is 28.8 Å². The Morgan fingerprint density at radius 1 is 1.25 bits per heavy atom. The number of aromatic nitrogens is 2. The first-order valence-corrected chi connectivity index (χ1v) is 10.7. The van der Waals surface area contributed by atoms with Crippen LogP contribution in [0.25, 0.3) is 16.9 Å². The number of amides is 1. The first-order chi connectivity index (χ1) is 15.4.